The summed E-state index contributed by atoms with van der Waals surface area (Å²) in [5.74, 6) is -0.818. The average molecular weight is 433 g/mol. The Labute approximate surface area is 176 Å². The average Bonchev–Trinajstić information content (AvgIpc) is 3.53. The Hall–Kier alpha value is -3.17. The fourth-order valence-electron chi connectivity index (χ4n) is 4.44. The van der Waals surface area contributed by atoms with E-state index in [2.05, 4.69) is 15.3 Å². The van der Waals surface area contributed by atoms with Gasteiger partial charge in [0.2, 0.25) is 17.8 Å². The van der Waals surface area contributed by atoms with Crippen molar-refractivity contribution in [2.24, 2.45) is 17.6 Å². The zero-order valence-corrected chi connectivity index (χ0v) is 17.0. The van der Waals surface area contributed by atoms with Gasteiger partial charge in [-0.2, -0.15) is 13.2 Å². The lowest BCUT2D eigenvalue weighted by Gasteiger charge is -2.45. The molecule has 1 aliphatic carbocycles. The summed E-state index contributed by atoms with van der Waals surface area (Å²) in [5.41, 5.74) is 5.83. The lowest BCUT2D eigenvalue weighted by Crippen LogP contribution is -2.51. The number of nitrogens with zero attached hydrogens (tertiary/aromatic N) is 3. The van der Waals surface area contributed by atoms with Gasteiger partial charge in [0.15, 0.2) is 0 Å². The zero-order chi connectivity index (χ0) is 22.5. The van der Waals surface area contributed by atoms with Crippen molar-refractivity contribution < 1.29 is 22.8 Å². The number of primary amides is 1. The van der Waals surface area contributed by atoms with Crippen LogP contribution in [0, 0.1) is 11.8 Å². The number of anilines is 2. The number of rotatable bonds is 4. The number of halogens is 3. The summed E-state index contributed by atoms with van der Waals surface area (Å²) in [6, 6.07) is 4.96. The Morgan fingerprint density at radius 3 is 2.52 bits per heavy atom. The zero-order valence-electron chi connectivity index (χ0n) is 17.0. The predicted molar refractivity (Wildman–Crippen MR) is 107 cm³/mol. The topological polar surface area (TPSA) is 101 Å². The van der Waals surface area contributed by atoms with Gasteiger partial charge in [-0.3, -0.25) is 9.59 Å². The van der Waals surface area contributed by atoms with Crippen molar-refractivity contribution in [3.63, 3.8) is 0 Å². The van der Waals surface area contributed by atoms with Crippen LogP contribution in [0.25, 0.3) is 0 Å². The molecule has 2 heterocycles. The molecule has 2 aliphatic rings. The maximum Gasteiger partial charge on any atom is 0.433 e. The van der Waals surface area contributed by atoms with Crippen molar-refractivity contribution >= 4 is 23.5 Å². The van der Waals surface area contributed by atoms with Crippen molar-refractivity contribution in [3.05, 3.63) is 47.3 Å². The van der Waals surface area contributed by atoms with Gasteiger partial charge in [0.05, 0.1) is 6.04 Å². The number of carbonyl (C=O) groups excluding carboxylic acids is 2. The minimum Gasteiger partial charge on any atom is -0.366 e. The molecule has 0 saturated heterocycles. The number of nitrogens with two attached hydrogens (primary N) is 1. The lowest BCUT2D eigenvalue weighted by atomic mass is 9.79. The minimum atomic E-state index is -4.60. The maximum atomic E-state index is 13.1. The Balaban J connectivity index is 1.81. The molecule has 31 heavy (non-hydrogen) atoms. The third-order valence-electron chi connectivity index (χ3n) is 5.94. The summed E-state index contributed by atoms with van der Waals surface area (Å²) >= 11 is 0. The van der Waals surface area contributed by atoms with E-state index in [-0.39, 0.29) is 29.4 Å². The molecule has 1 aromatic carbocycles. The smallest absolute Gasteiger partial charge is 0.366 e. The molecule has 3 N–H and O–H groups in total. The van der Waals surface area contributed by atoms with Gasteiger partial charge in [0.1, 0.15) is 5.69 Å². The van der Waals surface area contributed by atoms with Gasteiger partial charge in [-0.05, 0) is 48.6 Å². The molecule has 1 aromatic heterocycles. The van der Waals surface area contributed by atoms with E-state index in [0.29, 0.717) is 17.2 Å². The molecule has 7 nitrogen and oxygen atoms in total. The van der Waals surface area contributed by atoms with E-state index >= 15 is 0 Å². The van der Waals surface area contributed by atoms with E-state index in [1.54, 1.807) is 23.1 Å². The molecule has 2 aromatic rings. The maximum absolute atomic E-state index is 13.1. The van der Waals surface area contributed by atoms with Crippen LogP contribution < -0.4 is 16.0 Å². The van der Waals surface area contributed by atoms with E-state index in [0.717, 1.165) is 25.1 Å². The Kier molecular flexibility index (Phi) is 5.10. The van der Waals surface area contributed by atoms with Gasteiger partial charge in [-0.15, -0.1) is 0 Å². The van der Waals surface area contributed by atoms with Gasteiger partial charge in [0, 0.05) is 36.3 Å². The standard InChI is InChI=1S/C21H22F3N5O2/c1-10-17(28-20-26-8-7-16(27-20)21(22,23)24)14-9-13(19(25)31)5-6-15(14)29(11(2)30)18(10)12-3-4-12/h5-10,12,17-18H,3-4H2,1-2H3,(H2,25,31)(H,26,27,28)/t10-,17-,18-/m1/s1. The highest BCUT2D eigenvalue weighted by Crippen LogP contribution is 2.50. The van der Waals surface area contributed by atoms with Gasteiger partial charge in [0.25, 0.3) is 0 Å². The fourth-order valence-corrected chi connectivity index (χ4v) is 4.44. The fraction of sp³-hybridized carbons (Fsp3) is 0.429. The van der Waals surface area contributed by atoms with E-state index in [1.165, 1.54) is 6.92 Å². The van der Waals surface area contributed by atoms with Crippen LogP contribution in [0.3, 0.4) is 0 Å². The Bertz CT molecular complexity index is 1040. The Morgan fingerprint density at radius 2 is 1.94 bits per heavy atom. The van der Waals surface area contributed by atoms with Crippen molar-refractivity contribution in [2.45, 2.75) is 44.9 Å². The van der Waals surface area contributed by atoms with Crippen LogP contribution in [0.15, 0.2) is 30.5 Å². The summed E-state index contributed by atoms with van der Waals surface area (Å²) in [5, 5.41) is 3.03. The van der Waals surface area contributed by atoms with Crippen LogP contribution in [-0.4, -0.2) is 27.8 Å². The Morgan fingerprint density at radius 1 is 1.23 bits per heavy atom. The molecule has 1 saturated carbocycles. The molecule has 0 unspecified atom stereocenters. The third-order valence-corrected chi connectivity index (χ3v) is 5.94. The van der Waals surface area contributed by atoms with Crippen LogP contribution in [-0.2, 0) is 11.0 Å². The van der Waals surface area contributed by atoms with Gasteiger partial charge >= 0.3 is 6.18 Å². The highest BCUT2D eigenvalue weighted by Gasteiger charge is 2.48. The van der Waals surface area contributed by atoms with E-state index in [4.69, 9.17) is 5.73 Å². The number of fused-ring (bicyclic) bond motifs is 1. The number of benzene rings is 1. The first-order chi connectivity index (χ1) is 14.6. The van der Waals surface area contributed by atoms with Crippen molar-refractivity contribution in [1.29, 1.82) is 0 Å². The summed E-state index contributed by atoms with van der Waals surface area (Å²) in [6.45, 7) is 3.42. The van der Waals surface area contributed by atoms with Crippen LogP contribution in [0.1, 0.15) is 54.3 Å². The quantitative estimate of drug-likeness (QED) is 0.768. The highest BCUT2D eigenvalue weighted by molar-refractivity contribution is 5.97. The highest BCUT2D eigenvalue weighted by atomic mass is 19.4. The molecule has 1 fully saturated rings. The SMILES string of the molecule is CC(=O)N1c2ccc(C(N)=O)cc2[C@H](Nc2nccc(C(F)(F)F)n2)[C@@H](C)[C@@H]1C1CC1. The molecule has 2 amide bonds. The molecular formula is C21H22F3N5O2. The normalized spacial score (nSPS) is 23.3. The molecule has 1 aliphatic heterocycles. The summed E-state index contributed by atoms with van der Waals surface area (Å²) < 4.78 is 39.3. The number of hydrogen-bond donors (Lipinski definition) is 2. The molecule has 164 valence electrons. The first-order valence-electron chi connectivity index (χ1n) is 9.98. The van der Waals surface area contributed by atoms with Crippen molar-refractivity contribution in [3.8, 4) is 0 Å². The van der Waals surface area contributed by atoms with E-state index < -0.39 is 23.8 Å². The number of amides is 2. The summed E-state index contributed by atoms with van der Waals surface area (Å²) in [6.07, 6.45) is -1.61. The largest absolute Gasteiger partial charge is 0.433 e. The number of alkyl halides is 3. The molecule has 10 heteroatoms. The van der Waals surface area contributed by atoms with Crippen LogP contribution >= 0.6 is 0 Å². The second-order valence-electron chi connectivity index (χ2n) is 8.10. The van der Waals surface area contributed by atoms with Crippen LogP contribution in [0.5, 0.6) is 0 Å². The number of hydrogen-bond acceptors (Lipinski definition) is 5. The molecule has 3 atom stereocenters. The monoisotopic (exact) mass is 433 g/mol. The third kappa shape index (κ3) is 3.94. The molecular weight excluding hydrogens is 411 g/mol. The van der Waals surface area contributed by atoms with Gasteiger partial charge in [-0.1, -0.05) is 6.92 Å². The van der Waals surface area contributed by atoms with Crippen molar-refractivity contribution in [2.75, 3.05) is 10.2 Å². The molecule has 0 radical (unpaired) electrons. The van der Waals surface area contributed by atoms with Gasteiger partial charge < -0.3 is 16.0 Å². The minimum absolute atomic E-state index is 0.132. The molecule has 4 rings (SSSR count). The predicted octanol–water partition coefficient (Wildman–Crippen LogP) is 3.53. The van der Waals surface area contributed by atoms with Crippen LogP contribution in [0.4, 0.5) is 24.8 Å². The number of carbonyl (C=O) groups is 2. The summed E-state index contributed by atoms with van der Waals surface area (Å²) in [4.78, 5) is 33.6. The molecule has 0 spiro atoms. The second kappa shape index (κ2) is 7.51. The van der Waals surface area contributed by atoms with Gasteiger partial charge in [-0.25, -0.2) is 9.97 Å². The first kappa shape index (κ1) is 21.1. The number of nitrogens with one attached hydrogen (secondary N) is 1. The van der Waals surface area contributed by atoms with Crippen molar-refractivity contribution in [1.82, 2.24) is 9.97 Å². The van der Waals surface area contributed by atoms with E-state index in [1.807, 2.05) is 6.92 Å². The number of aromatic nitrogens is 2. The van der Waals surface area contributed by atoms with Crippen LogP contribution in [0.2, 0.25) is 0 Å². The molecule has 0 bridgehead atoms. The summed E-state index contributed by atoms with van der Waals surface area (Å²) in [7, 11) is 0. The first-order valence-corrected chi connectivity index (χ1v) is 9.98. The van der Waals surface area contributed by atoms with E-state index in [9.17, 15) is 22.8 Å². The second-order valence-corrected chi connectivity index (χ2v) is 8.10. The lowest BCUT2D eigenvalue weighted by molar-refractivity contribution is -0.141.